The van der Waals surface area contributed by atoms with Crippen LogP contribution in [-0.2, 0) is 0 Å². The Balaban J connectivity index is 2.68. The Kier molecular flexibility index (Phi) is 2.85. The van der Waals surface area contributed by atoms with Gasteiger partial charge >= 0.3 is 11.9 Å². The molecule has 2 aromatic rings. The molecule has 0 aliphatic rings. The van der Waals surface area contributed by atoms with Gasteiger partial charge in [0.1, 0.15) is 5.56 Å². The molecule has 6 nitrogen and oxygen atoms in total. The molecule has 0 fully saturated rings. The summed E-state index contributed by atoms with van der Waals surface area (Å²) in [4.78, 5) is 22.1. The van der Waals surface area contributed by atoms with E-state index in [-0.39, 0.29) is 11.3 Å². The number of nitrogens with zero attached hydrogens (tertiary/aromatic N) is 2. The van der Waals surface area contributed by atoms with Crippen LogP contribution in [0.3, 0.4) is 0 Å². The predicted molar refractivity (Wildman–Crippen MR) is 62.2 cm³/mol. The third-order valence-electron chi connectivity index (χ3n) is 2.53. The molecular formula is C12H10N2O4. The highest BCUT2D eigenvalue weighted by Gasteiger charge is 2.25. The molecule has 6 heteroatoms. The van der Waals surface area contributed by atoms with Gasteiger partial charge in [0, 0.05) is 0 Å². The lowest BCUT2D eigenvalue weighted by atomic mass is 10.2. The number of carboxylic acids is 2. The summed E-state index contributed by atoms with van der Waals surface area (Å²) >= 11 is 0. The lowest BCUT2D eigenvalue weighted by Crippen LogP contribution is -2.07. The number of hydrogen-bond acceptors (Lipinski definition) is 3. The standard InChI is InChI=1S/C12H10N2O4/c1-7-9(11(15)16)10(12(17)18)13-14(7)8-5-3-2-4-6-8/h2-6H,1H3,(H,15,16)(H,17,18). The first-order valence-electron chi connectivity index (χ1n) is 5.14. The van der Waals surface area contributed by atoms with Crippen LogP contribution < -0.4 is 0 Å². The zero-order chi connectivity index (χ0) is 13.3. The third kappa shape index (κ3) is 1.84. The summed E-state index contributed by atoms with van der Waals surface area (Å²) in [5.74, 6) is -2.66. The van der Waals surface area contributed by atoms with E-state index in [0.717, 1.165) is 0 Å². The average molecular weight is 246 g/mol. The SMILES string of the molecule is Cc1c(C(=O)O)c(C(=O)O)nn1-c1ccccc1. The van der Waals surface area contributed by atoms with E-state index in [2.05, 4.69) is 5.10 Å². The van der Waals surface area contributed by atoms with Gasteiger partial charge in [-0.1, -0.05) is 18.2 Å². The van der Waals surface area contributed by atoms with Crippen molar-refractivity contribution in [3.63, 3.8) is 0 Å². The van der Waals surface area contributed by atoms with Crippen molar-refractivity contribution in [2.45, 2.75) is 6.92 Å². The van der Waals surface area contributed by atoms with Gasteiger partial charge in [0.15, 0.2) is 5.69 Å². The maximum atomic E-state index is 11.1. The topological polar surface area (TPSA) is 92.4 Å². The fourth-order valence-electron chi connectivity index (χ4n) is 1.73. The van der Waals surface area contributed by atoms with Gasteiger partial charge in [0.25, 0.3) is 0 Å². The summed E-state index contributed by atoms with van der Waals surface area (Å²) in [6.45, 7) is 1.52. The van der Waals surface area contributed by atoms with E-state index in [4.69, 9.17) is 10.2 Å². The number of carboxylic acid groups (broad SMARTS) is 2. The summed E-state index contributed by atoms with van der Waals surface area (Å²) < 4.78 is 1.31. The van der Waals surface area contributed by atoms with Gasteiger partial charge in [-0.15, -0.1) is 0 Å². The average Bonchev–Trinajstić information content (AvgIpc) is 2.68. The van der Waals surface area contributed by atoms with Crippen LogP contribution >= 0.6 is 0 Å². The second-order valence-corrected chi connectivity index (χ2v) is 3.67. The van der Waals surface area contributed by atoms with Crippen LogP contribution in [-0.4, -0.2) is 31.9 Å². The smallest absolute Gasteiger partial charge is 0.357 e. The molecule has 1 aromatic carbocycles. The minimum atomic E-state index is -1.36. The first kappa shape index (κ1) is 11.8. The van der Waals surface area contributed by atoms with E-state index < -0.39 is 17.6 Å². The summed E-state index contributed by atoms with van der Waals surface area (Å²) in [7, 11) is 0. The molecule has 0 saturated carbocycles. The Bertz CT molecular complexity index is 617. The fraction of sp³-hybridized carbons (Fsp3) is 0.0833. The molecule has 0 unspecified atom stereocenters. The Morgan fingerprint density at radius 1 is 1.11 bits per heavy atom. The largest absolute Gasteiger partial charge is 0.478 e. The zero-order valence-corrected chi connectivity index (χ0v) is 9.49. The Morgan fingerprint density at radius 2 is 1.72 bits per heavy atom. The van der Waals surface area contributed by atoms with Crippen LogP contribution in [0.2, 0.25) is 0 Å². The fourth-order valence-corrected chi connectivity index (χ4v) is 1.73. The first-order valence-corrected chi connectivity index (χ1v) is 5.14. The van der Waals surface area contributed by atoms with Gasteiger partial charge in [-0.3, -0.25) is 0 Å². The lowest BCUT2D eigenvalue weighted by molar-refractivity contribution is 0.0648. The summed E-state index contributed by atoms with van der Waals surface area (Å²) in [6.07, 6.45) is 0. The molecule has 92 valence electrons. The van der Waals surface area contributed by atoms with Gasteiger partial charge in [0.05, 0.1) is 11.4 Å². The molecule has 2 rings (SSSR count). The van der Waals surface area contributed by atoms with Gasteiger partial charge < -0.3 is 10.2 Å². The van der Waals surface area contributed by atoms with E-state index in [9.17, 15) is 9.59 Å². The van der Waals surface area contributed by atoms with Crippen molar-refractivity contribution in [1.29, 1.82) is 0 Å². The van der Waals surface area contributed by atoms with E-state index in [1.54, 1.807) is 30.3 Å². The molecule has 1 heterocycles. The molecule has 0 saturated heterocycles. The molecule has 0 radical (unpaired) electrons. The molecule has 2 N–H and O–H groups in total. The van der Waals surface area contributed by atoms with Crippen molar-refractivity contribution in [3.8, 4) is 5.69 Å². The molecule has 1 aromatic heterocycles. The number of hydrogen-bond donors (Lipinski definition) is 2. The Morgan fingerprint density at radius 3 is 2.17 bits per heavy atom. The number of rotatable bonds is 3. The molecule has 0 aliphatic carbocycles. The van der Waals surface area contributed by atoms with Crippen molar-refractivity contribution in [2.75, 3.05) is 0 Å². The maximum absolute atomic E-state index is 11.1. The van der Waals surface area contributed by atoms with E-state index in [1.807, 2.05) is 0 Å². The van der Waals surface area contributed by atoms with Gasteiger partial charge in [0.2, 0.25) is 0 Å². The third-order valence-corrected chi connectivity index (χ3v) is 2.53. The predicted octanol–water partition coefficient (Wildman–Crippen LogP) is 1.58. The summed E-state index contributed by atoms with van der Waals surface area (Å²) in [6, 6.07) is 8.77. The second-order valence-electron chi connectivity index (χ2n) is 3.67. The van der Waals surface area contributed by atoms with E-state index in [0.29, 0.717) is 5.69 Å². The van der Waals surface area contributed by atoms with E-state index in [1.165, 1.54) is 11.6 Å². The van der Waals surface area contributed by atoms with Crippen LogP contribution in [0.4, 0.5) is 0 Å². The Hall–Kier alpha value is -2.63. The van der Waals surface area contributed by atoms with Crippen LogP contribution in [0, 0.1) is 6.92 Å². The monoisotopic (exact) mass is 246 g/mol. The number of aromatic nitrogens is 2. The van der Waals surface area contributed by atoms with Gasteiger partial charge in [-0.2, -0.15) is 5.10 Å². The number of benzene rings is 1. The molecule has 0 atom stereocenters. The minimum absolute atomic E-state index is 0.283. The van der Waals surface area contributed by atoms with E-state index >= 15 is 0 Å². The van der Waals surface area contributed by atoms with Crippen molar-refractivity contribution >= 4 is 11.9 Å². The molecule has 0 amide bonds. The number of aromatic carboxylic acids is 2. The van der Waals surface area contributed by atoms with Crippen molar-refractivity contribution in [2.24, 2.45) is 0 Å². The molecule has 0 aliphatic heterocycles. The molecule has 0 spiro atoms. The highest BCUT2D eigenvalue weighted by Crippen LogP contribution is 2.18. The summed E-state index contributed by atoms with van der Waals surface area (Å²) in [5, 5.41) is 21.8. The lowest BCUT2D eigenvalue weighted by Gasteiger charge is -2.03. The molecular weight excluding hydrogens is 236 g/mol. The number of para-hydroxylation sites is 1. The summed E-state index contributed by atoms with van der Waals surface area (Å²) in [5.41, 5.74) is 0.159. The van der Waals surface area contributed by atoms with Crippen molar-refractivity contribution in [1.82, 2.24) is 9.78 Å². The zero-order valence-electron chi connectivity index (χ0n) is 9.49. The molecule has 0 bridgehead atoms. The van der Waals surface area contributed by atoms with Gasteiger partial charge in [-0.25, -0.2) is 14.3 Å². The Labute approximate surface area is 102 Å². The highest BCUT2D eigenvalue weighted by atomic mass is 16.4. The van der Waals surface area contributed by atoms with Crippen LogP contribution in [0.1, 0.15) is 26.5 Å². The van der Waals surface area contributed by atoms with Crippen LogP contribution in [0.25, 0.3) is 5.69 Å². The van der Waals surface area contributed by atoms with Crippen LogP contribution in [0.15, 0.2) is 30.3 Å². The van der Waals surface area contributed by atoms with Crippen LogP contribution in [0.5, 0.6) is 0 Å². The quantitative estimate of drug-likeness (QED) is 0.857. The minimum Gasteiger partial charge on any atom is -0.478 e. The van der Waals surface area contributed by atoms with Gasteiger partial charge in [-0.05, 0) is 19.1 Å². The normalized spacial score (nSPS) is 10.3. The molecule has 18 heavy (non-hydrogen) atoms. The maximum Gasteiger partial charge on any atom is 0.357 e. The van der Waals surface area contributed by atoms with Crippen molar-refractivity contribution in [3.05, 3.63) is 47.3 Å². The second kappa shape index (κ2) is 4.33. The van der Waals surface area contributed by atoms with Crippen molar-refractivity contribution < 1.29 is 19.8 Å². The highest BCUT2D eigenvalue weighted by molar-refractivity contribution is 6.01. The number of carbonyl (C=O) groups is 2. The first-order chi connectivity index (χ1) is 8.52.